The van der Waals surface area contributed by atoms with Crippen molar-refractivity contribution in [2.45, 2.75) is 53.6 Å². The van der Waals surface area contributed by atoms with Gasteiger partial charge in [-0.2, -0.15) is 5.10 Å². The zero-order chi connectivity index (χ0) is 13.0. The minimum absolute atomic E-state index is 0.302. The molecule has 0 spiro atoms. The summed E-state index contributed by atoms with van der Waals surface area (Å²) in [6.07, 6.45) is 0.935. The Morgan fingerprint density at radius 3 is 2.53 bits per heavy atom. The van der Waals surface area contributed by atoms with Crippen molar-refractivity contribution in [2.24, 2.45) is 17.7 Å². The number of nitrogens with zero attached hydrogens (tertiary/aromatic N) is 2. The van der Waals surface area contributed by atoms with Crippen LogP contribution < -0.4 is 11.3 Å². The topological polar surface area (TPSA) is 55.9 Å². The third kappa shape index (κ3) is 3.54. The number of hydrogen-bond donors (Lipinski definition) is 2. The molecule has 0 aliphatic rings. The van der Waals surface area contributed by atoms with E-state index in [2.05, 4.69) is 49.0 Å². The first-order chi connectivity index (χ1) is 7.99. The molecule has 4 heteroatoms. The van der Waals surface area contributed by atoms with Crippen LogP contribution >= 0.6 is 0 Å². The van der Waals surface area contributed by atoms with Crippen molar-refractivity contribution in [3.05, 3.63) is 17.5 Å². The zero-order valence-electron chi connectivity index (χ0n) is 11.7. The number of nitrogens with two attached hydrogens (primary N) is 1. The first kappa shape index (κ1) is 14.2. The number of aromatic nitrogens is 2. The van der Waals surface area contributed by atoms with Crippen LogP contribution in [0.1, 0.15) is 39.1 Å². The highest BCUT2D eigenvalue weighted by molar-refractivity contribution is 5.10. The predicted molar refractivity (Wildman–Crippen MR) is 71.5 cm³/mol. The van der Waals surface area contributed by atoms with E-state index in [-0.39, 0.29) is 0 Å². The summed E-state index contributed by atoms with van der Waals surface area (Å²) in [7, 11) is 0. The van der Waals surface area contributed by atoms with E-state index in [9.17, 15) is 0 Å². The Balaban J connectivity index is 2.79. The highest BCUT2D eigenvalue weighted by Crippen LogP contribution is 2.18. The summed E-state index contributed by atoms with van der Waals surface area (Å²) in [6, 6.07) is 2.46. The summed E-state index contributed by atoms with van der Waals surface area (Å²) in [4.78, 5) is 0. The van der Waals surface area contributed by atoms with Gasteiger partial charge in [-0.3, -0.25) is 16.0 Å². The predicted octanol–water partition coefficient (Wildman–Crippen LogP) is 1.88. The lowest BCUT2D eigenvalue weighted by atomic mass is 9.88. The number of aryl methyl sites for hydroxylation is 2. The molecule has 0 aliphatic carbocycles. The van der Waals surface area contributed by atoms with Crippen LogP contribution in [0, 0.1) is 18.8 Å². The van der Waals surface area contributed by atoms with Gasteiger partial charge in [-0.25, -0.2) is 0 Å². The van der Waals surface area contributed by atoms with Crippen LogP contribution in [0.5, 0.6) is 0 Å². The summed E-state index contributed by atoms with van der Waals surface area (Å²) in [5.41, 5.74) is 5.29. The van der Waals surface area contributed by atoms with Gasteiger partial charge in [-0.15, -0.1) is 0 Å². The van der Waals surface area contributed by atoms with Crippen molar-refractivity contribution >= 4 is 0 Å². The molecule has 1 heterocycles. The van der Waals surface area contributed by atoms with Crippen LogP contribution in [-0.2, 0) is 13.0 Å². The monoisotopic (exact) mass is 238 g/mol. The second-order valence-electron chi connectivity index (χ2n) is 5.17. The van der Waals surface area contributed by atoms with Crippen LogP contribution in [0.2, 0.25) is 0 Å². The van der Waals surface area contributed by atoms with Gasteiger partial charge in [0.15, 0.2) is 0 Å². The summed E-state index contributed by atoms with van der Waals surface area (Å²) in [5, 5.41) is 4.47. The molecule has 98 valence electrons. The van der Waals surface area contributed by atoms with Gasteiger partial charge in [-0.05, 0) is 31.7 Å². The maximum Gasteiger partial charge on any atom is 0.0596 e. The molecule has 1 aromatic rings. The lowest BCUT2D eigenvalue weighted by molar-refractivity contribution is 0.295. The third-order valence-corrected chi connectivity index (χ3v) is 3.61. The SMILES string of the molecule is CCn1nc(C)cc1CC(NN)C(C)C(C)C. The molecule has 0 fully saturated rings. The highest BCUT2D eigenvalue weighted by Gasteiger charge is 2.21. The van der Waals surface area contributed by atoms with E-state index in [1.165, 1.54) is 5.69 Å². The zero-order valence-corrected chi connectivity index (χ0v) is 11.7. The Hall–Kier alpha value is -0.870. The summed E-state index contributed by atoms with van der Waals surface area (Å²) in [5.74, 6) is 6.84. The molecule has 0 aliphatic heterocycles. The molecule has 2 unspecified atom stereocenters. The Kier molecular flexibility index (Phi) is 5.15. The van der Waals surface area contributed by atoms with Crippen LogP contribution in [0.3, 0.4) is 0 Å². The maximum absolute atomic E-state index is 5.68. The second-order valence-corrected chi connectivity index (χ2v) is 5.17. The molecular weight excluding hydrogens is 212 g/mol. The van der Waals surface area contributed by atoms with Crippen molar-refractivity contribution in [3.63, 3.8) is 0 Å². The Morgan fingerprint density at radius 1 is 1.41 bits per heavy atom. The lowest BCUT2D eigenvalue weighted by Crippen LogP contribution is -2.43. The van der Waals surface area contributed by atoms with Gasteiger partial charge in [0.2, 0.25) is 0 Å². The minimum atomic E-state index is 0.302. The van der Waals surface area contributed by atoms with E-state index < -0.39 is 0 Å². The molecule has 0 radical (unpaired) electrons. The summed E-state index contributed by atoms with van der Waals surface area (Å²) in [6.45, 7) is 11.8. The first-order valence-corrected chi connectivity index (χ1v) is 6.49. The first-order valence-electron chi connectivity index (χ1n) is 6.49. The molecule has 4 nitrogen and oxygen atoms in total. The van der Waals surface area contributed by atoms with Crippen molar-refractivity contribution < 1.29 is 0 Å². The largest absolute Gasteiger partial charge is 0.271 e. The molecule has 0 saturated carbocycles. The van der Waals surface area contributed by atoms with Crippen LogP contribution in [-0.4, -0.2) is 15.8 Å². The molecule has 17 heavy (non-hydrogen) atoms. The van der Waals surface area contributed by atoms with E-state index in [1.807, 2.05) is 6.92 Å². The van der Waals surface area contributed by atoms with Gasteiger partial charge >= 0.3 is 0 Å². The van der Waals surface area contributed by atoms with E-state index in [0.29, 0.717) is 17.9 Å². The number of rotatable bonds is 6. The van der Waals surface area contributed by atoms with Crippen LogP contribution in [0.25, 0.3) is 0 Å². The molecule has 2 atom stereocenters. The summed E-state index contributed by atoms with van der Waals surface area (Å²) >= 11 is 0. The number of hydrogen-bond acceptors (Lipinski definition) is 3. The van der Waals surface area contributed by atoms with Gasteiger partial charge in [0, 0.05) is 24.7 Å². The molecule has 0 bridgehead atoms. The van der Waals surface area contributed by atoms with E-state index in [1.54, 1.807) is 0 Å². The quantitative estimate of drug-likeness (QED) is 0.587. The fraction of sp³-hybridized carbons (Fsp3) is 0.769. The van der Waals surface area contributed by atoms with Crippen molar-refractivity contribution in [2.75, 3.05) is 0 Å². The van der Waals surface area contributed by atoms with Gasteiger partial charge in [0.1, 0.15) is 0 Å². The van der Waals surface area contributed by atoms with Crippen molar-refractivity contribution in [1.82, 2.24) is 15.2 Å². The fourth-order valence-corrected chi connectivity index (χ4v) is 2.12. The second kappa shape index (κ2) is 6.17. The molecule has 0 amide bonds. The average Bonchev–Trinajstić information content (AvgIpc) is 2.65. The number of hydrazine groups is 1. The smallest absolute Gasteiger partial charge is 0.0596 e. The van der Waals surface area contributed by atoms with E-state index in [0.717, 1.165) is 18.7 Å². The van der Waals surface area contributed by atoms with Gasteiger partial charge < -0.3 is 0 Å². The van der Waals surface area contributed by atoms with Gasteiger partial charge in [0.25, 0.3) is 0 Å². The maximum atomic E-state index is 5.68. The van der Waals surface area contributed by atoms with Gasteiger partial charge in [0.05, 0.1) is 5.69 Å². The third-order valence-electron chi connectivity index (χ3n) is 3.61. The van der Waals surface area contributed by atoms with Crippen molar-refractivity contribution in [1.29, 1.82) is 0 Å². The van der Waals surface area contributed by atoms with Crippen LogP contribution in [0.4, 0.5) is 0 Å². The standard InChI is InChI=1S/C13H26N4/c1-6-17-12(7-10(4)16-17)8-13(15-14)11(5)9(2)3/h7,9,11,13,15H,6,8,14H2,1-5H3. The van der Waals surface area contributed by atoms with E-state index >= 15 is 0 Å². The molecule has 0 aromatic carbocycles. The Bertz CT molecular complexity index is 343. The van der Waals surface area contributed by atoms with Crippen molar-refractivity contribution in [3.8, 4) is 0 Å². The highest BCUT2D eigenvalue weighted by atomic mass is 15.3. The molecule has 3 N–H and O–H groups in total. The lowest BCUT2D eigenvalue weighted by Gasteiger charge is -2.26. The minimum Gasteiger partial charge on any atom is -0.271 e. The molecule has 0 saturated heterocycles. The van der Waals surface area contributed by atoms with E-state index in [4.69, 9.17) is 5.84 Å². The normalized spacial score (nSPS) is 15.2. The fourth-order valence-electron chi connectivity index (χ4n) is 2.12. The van der Waals surface area contributed by atoms with Crippen LogP contribution in [0.15, 0.2) is 6.07 Å². The molecule has 1 rings (SSSR count). The summed E-state index contributed by atoms with van der Waals surface area (Å²) < 4.78 is 2.06. The number of nitrogens with one attached hydrogen (secondary N) is 1. The Labute approximate surface area is 105 Å². The average molecular weight is 238 g/mol. The van der Waals surface area contributed by atoms with Gasteiger partial charge in [-0.1, -0.05) is 20.8 Å². The molecular formula is C13H26N4. The molecule has 1 aromatic heterocycles. The Morgan fingerprint density at radius 2 is 2.06 bits per heavy atom.